The molecule has 0 radical (unpaired) electrons. The number of carbonyl (C=O) groups excluding carboxylic acids is 1. The van der Waals surface area contributed by atoms with Crippen LogP contribution in [0.25, 0.3) is 10.8 Å². The van der Waals surface area contributed by atoms with Crippen LogP contribution in [-0.2, 0) is 17.6 Å². The minimum Gasteiger partial charge on any atom is -0.370 e. The molecule has 0 aromatic heterocycles. The van der Waals surface area contributed by atoms with Crippen molar-refractivity contribution in [2.24, 2.45) is 34.0 Å². The summed E-state index contributed by atoms with van der Waals surface area (Å²) < 4.78 is 0. The first kappa shape index (κ1) is 33.0. The molecular weight excluding hydrogens is 556 g/mol. The van der Waals surface area contributed by atoms with Gasteiger partial charge >= 0.3 is 0 Å². The van der Waals surface area contributed by atoms with E-state index in [1.54, 1.807) is 0 Å². The van der Waals surface area contributed by atoms with Gasteiger partial charge in [0.2, 0.25) is 5.91 Å². The van der Waals surface area contributed by atoms with Crippen molar-refractivity contribution >= 4 is 22.6 Å². The predicted molar refractivity (Wildman–Crippen MR) is 187 cm³/mol. The number of guanidine groups is 1. The zero-order valence-corrected chi connectivity index (χ0v) is 27.5. The summed E-state index contributed by atoms with van der Waals surface area (Å²) >= 11 is 0. The largest absolute Gasteiger partial charge is 0.370 e. The van der Waals surface area contributed by atoms with Crippen molar-refractivity contribution in [2.75, 3.05) is 32.7 Å². The first-order valence-corrected chi connectivity index (χ1v) is 17.1. The van der Waals surface area contributed by atoms with Crippen LogP contribution in [0.2, 0.25) is 0 Å². The van der Waals surface area contributed by atoms with Crippen LogP contribution in [0, 0.1) is 25.7 Å². The standard InChI is InChI=1S/C38H54N6O/c1-27-12-14-33(28(2)19-27)24-35(39)22-29-7-5-8-31(20-29)25-43-17-18-44(26-36(43)11-6-16-42-38(40)41)37(45)23-30-13-15-32-9-3-4-10-34(32)21-30/h3-4,9-10,12-15,19,21,29,31,35-36H,5-8,11,16-18,20,22-26,39H2,1-2H3,(H4,40,41,42)/t29?,31-,35+,36?/m1/s1. The lowest BCUT2D eigenvalue weighted by atomic mass is 9.77. The Hall–Kier alpha value is -3.42. The molecule has 1 saturated heterocycles. The molecule has 7 heteroatoms. The van der Waals surface area contributed by atoms with E-state index in [4.69, 9.17) is 17.2 Å². The molecule has 2 unspecified atom stereocenters. The Labute approximate surface area is 270 Å². The molecular formula is C38H54N6O. The Kier molecular flexibility index (Phi) is 11.5. The van der Waals surface area contributed by atoms with Gasteiger partial charge in [0.25, 0.3) is 0 Å². The van der Waals surface area contributed by atoms with Crippen LogP contribution >= 0.6 is 0 Å². The Morgan fingerprint density at radius 3 is 2.58 bits per heavy atom. The van der Waals surface area contributed by atoms with Gasteiger partial charge in [-0.3, -0.25) is 14.7 Å². The Morgan fingerprint density at radius 2 is 1.78 bits per heavy atom. The molecule has 0 spiro atoms. The molecule has 4 atom stereocenters. The molecule has 1 amide bonds. The van der Waals surface area contributed by atoms with Gasteiger partial charge in [-0.05, 0) is 91.7 Å². The van der Waals surface area contributed by atoms with Crippen LogP contribution in [0.3, 0.4) is 0 Å². The van der Waals surface area contributed by atoms with Gasteiger partial charge in [0.05, 0.1) is 6.42 Å². The summed E-state index contributed by atoms with van der Waals surface area (Å²) in [6.07, 6.45) is 9.50. The molecule has 1 heterocycles. The molecule has 242 valence electrons. The number of carbonyl (C=O) groups is 1. The van der Waals surface area contributed by atoms with E-state index in [2.05, 4.69) is 89.3 Å². The average molecular weight is 611 g/mol. The number of amides is 1. The fourth-order valence-corrected chi connectivity index (χ4v) is 7.79. The lowest BCUT2D eigenvalue weighted by Gasteiger charge is -2.44. The minimum absolute atomic E-state index is 0.145. The molecule has 2 aliphatic rings. The highest BCUT2D eigenvalue weighted by atomic mass is 16.2. The molecule has 3 aromatic rings. The summed E-state index contributed by atoms with van der Waals surface area (Å²) in [6.45, 7) is 8.56. The highest BCUT2D eigenvalue weighted by Gasteiger charge is 2.32. The van der Waals surface area contributed by atoms with Crippen LogP contribution in [0.4, 0.5) is 0 Å². The van der Waals surface area contributed by atoms with Crippen molar-refractivity contribution in [3.8, 4) is 0 Å². The van der Waals surface area contributed by atoms with Crippen LogP contribution < -0.4 is 17.2 Å². The molecule has 7 nitrogen and oxygen atoms in total. The van der Waals surface area contributed by atoms with Crippen LogP contribution in [0.15, 0.2) is 65.7 Å². The Morgan fingerprint density at radius 1 is 0.978 bits per heavy atom. The van der Waals surface area contributed by atoms with Crippen molar-refractivity contribution in [3.05, 3.63) is 82.9 Å². The Balaban J connectivity index is 1.17. The maximum atomic E-state index is 13.5. The SMILES string of the molecule is Cc1ccc(C[C@@H](N)CC2CCC[C@@H](CN3CCN(C(=O)Cc4ccc5ccccc5c4)CC3CCCN=C(N)N)C2)c(C)c1. The second kappa shape index (κ2) is 15.7. The lowest BCUT2D eigenvalue weighted by molar-refractivity contribution is -0.133. The van der Waals surface area contributed by atoms with E-state index >= 15 is 0 Å². The first-order chi connectivity index (χ1) is 21.7. The van der Waals surface area contributed by atoms with E-state index in [-0.39, 0.29) is 17.9 Å². The fraction of sp³-hybridized carbons (Fsp3) is 0.526. The number of hydrogen-bond acceptors (Lipinski definition) is 4. The number of aryl methyl sites for hydroxylation is 2. The zero-order valence-electron chi connectivity index (χ0n) is 27.5. The maximum Gasteiger partial charge on any atom is 0.227 e. The fourth-order valence-electron chi connectivity index (χ4n) is 7.79. The van der Waals surface area contributed by atoms with Crippen molar-refractivity contribution in [1.29, 1.82) is 0 Å². The number of benzene rings is 3. The molecule has 1 aliphatic carbocycles. The second-order valence-corrected chi connectivity index (χ2v) is 13.8. The first-order valence-electron chi connectivity index (χ1n) is 17.1. The number of aliphatic imine (C=N–C) groups is 1. The van der Waals surface area contributed by atoms with Gasteiger partial charge in [-0.15, -0.1) is 0 Å². The molecule has 45 heavy (non-hydrogen) atoms. The van der Waals surface area contributed by atoms with E-state index < -0.39 is 0 Å². The quantitative estimate of drug-likeness (QED) is 0.146. The highest BCUT2D eigenvalue weighted by molar-refractivity contribution is 5.85. The average Bonchev–Trinajstić information content (AvgIpc) is 3.01. The van der Waals surface area contributed by atoms with E-state index in [0.29, 0.717) is 30.8 Å². The summed E-state index contributed by atoms with van der Waals surface area (Å²) in [7, 11) is 0. The van der Waals surface area contributed by atoms with E-state index in [9.17, 15) is 4.79 Å². The minimum atomic E-state index is 0.145. The molecule has 1 aliphatic heterocycles. The van der Waals surface area contributed by atoms with Gasteiger partial charge in [-0.2, -0.15) is 0 Å². The highest BCUT2D eigenvalue weighted by Crippen LogP contribution is 2.34. The molecule has 1 saturated carbocycles. The number of hydrogen-bond donors (Lipinski definition) is 3. The number of rotatable bonds is 12. The molecule has 6 N–H and O–H groups in total. The molecule has 3 aromatic carbocycles. The summed E-state index contributed by atoms with van der Waals surface area (Å²) in [6, 6.07) is 22.0. The third-order valence-corrected chi connectivity index (χ3v) is 10.1. The summed E-state index contributed by atoms with van der Waals surface area (Å²) in [5, 5.41) is 2.39. The van der Waals surface area contributed by atoms with Gasteiger partial charge in [0.1, 0.15) is 0 Å². The van der Waals surface area contributed by atoms with Gasteiger partial charge in [-0.25, -0.2) is 0 Å². The monoisotopic (exact) mass is 610 g/mol. The summed E-state index contributed by atoms with van der Waals surface area (Å²) in [5.41, 5.74) is 23.0. The summed E-state index contributed by atoms with van der Waals surface area (Å²) in [4.78, 5) is 22.5. The number of nitrogens with zero attached hydrogens (tertiary/aromatic N) is 3. The zero-order chi connectivity index (χ0) is 31.8. The van der Waals surface area contributed by atoms with Crippen molar-refractivity contribution < 1.29 is 4.79 Å². The molecule has 2 fully saturated rings. The Bertz CT molecular complexity index is 1450. The van der Waals surface area contributed by atoms with Gasteiger partial charge in [0.15, 0.2) is 5.96 Å². The number of piperazine rings is 1. The lowest BCUT2D eigenvalue weighted by Crippen LogP contribution is -2.56. The van der Waals surface area contributed by atoms with Crippen molar-refractivity contribution in [2.45, 2.75) is 83.7 Å². The van der Waals surface area contributed by atoms with Gasteiger partial charge in [-0.1, -0.05) is 79.1 Å². The molecule has 5 rings (SSSR count). The third kappa shape index (κ3) is 9.54. The second-order valence-electron chi connectivity index (χ2n) is 13.8. The van der Waals surface area contributed by atoms with E-state index in [1.165, 1.54) is 53.1 Å². The van der Waals surface area contributed by atoms with Crippen LogP contribution in [-0.4, -0.2) is 66.5 Å². The number of fused-ring (bicyclic) bond motifs is 1. The maximum absolute atomic E-state index is 13.5. The van der Waals surface area contributed by atoms with Crippen molar-refractivity contribution in [1.82, 2.24) is 9.80 Å². The third-order valence-electron chi connectivity index (χ3n) is 10.1. The topological polar surface area (TPSA) is 114 Å². The predicted octanol–water partition coefficient (Wildman–Crippen LogP) is 5.33. The van der Waals surface area contributed by atoms with Crippen LogP contribution in [0.1, 0.15) is 67.2 Å². The smallest absolute Gasteiger partial charge is 0.227 e. The van der Waals surface area contributed by atoms with E-state index in [0.717, 1.165) is 57.4 Å². The van der Waals surface area contributed by atoms with Gasteiger partial charge < -0.3 is 22.1 Å². The van der Waals surface area contributed by atoms with Crippen molar-refractivity contribution in [3.63, 3.8) is 0 Å². The van der Waals surface area contributed by atoms with E-state index in [1.807, 2.05) is 0 Å². The number of nitrogens with two attached hydrogens (primary N) is 3. The molecule has 0 bridgehead atoms. The van der Waals surface area contributed by atoms with Crippen LogP contribution in [0.5, 0.6) is 0 Å². The normalized spacial score (nSPS) is 21.5. The summed E-state index contributed by atoms with van der Waals surface area (Å²) in [5.74, 6) is 1.73. The van der Waals surface area contributed by atoms with Gasteiger partial charge in [0, 0.05) is 44.8 Å².